The zero-order valence-electron chi connectivity index (χ0n) is 14.0. The average molecular weight is 341 g/mol. The molecule has 1 aromatic carbocycles. The highest BCUT2D eigenvalue weighted by Crippen LogP contribution is 2.30. The van der Waals surface area contributed by atoms with Gasteiger partial charge in [-0.1, -0.05) is 44.2 Å². The minimum absolute atomic E-state index is 0. The van der Waals surface area contributed by atoms with Gasteiger partial charge < -0.3 is 15.7 Å². The van der Waals surface area contributed by atoms with Crippen molar-refractivity contribution in [1.82, 2.24) is 4.90 Å². The van der Waals surface area contributed by atoms with Gasteiger partial charge in [0, 0.05) is 13.1 Å². The van der Waals surface area contributed by atoms with E-state index in [2.05, 4.69) is 13.8 Å². The van der Waals surface area contributed by atoms with Gasteiger partial charge in [-0.15, -0.1) is 12.4 Å². The highest BCUT2D eigenvalue weighted by molar-refractivity contribution is 5.85. The van der Waals surface area contributed by atoms with Crippen LogP contribution in [0.5, 0.6) is 0 Å². The quantitative estimate of drug-likeness (QED) is 0.866. The second-order valence-corrected chi connectivity index (χ2v) is 6.75. The lowest BCUT2D eigenvalue weighted by Gasteiger charge is -2.35. The maximum absolute atomic E-state index is 12.3. The van der Waals surface area contributed by atoms with Crippen LogP contribution in [-0.2, 0) is 4.79 Å². The van der Waals surface area contributed by atoms with Crippen molar-refractivity contribution in [3.63, 3.8) is 0 Å². The number of carbonyl (C=O) groups is 1. The normalized spacial score (nSPS) is 18.4. The van der Waals surface area contributed by atoms with E-state index in [-0.39, 0.29) is 24.2 Å². The summed E-state index contributed by atoms with van der Waals surface area (Å²) >= 11 is 0. The maximum atomic E-state index is 12.3. The van der Waals surface area contributed by atoms with E-state index in [0.717, 1.165) is 24.8 Å². The largest absolute Gasteiger partial charge is 0.388 e. The Balaban J connectivity index is 0.00000264. The minimum atomic E-state index is -0.442. The predicted molar refractivity (Wildman–Crippen MR) is 95.4 cm³/mol. The van der Waals surface area contributed by atoms with Gasteiger partial charge in [0.15, 0.2) is 0 Å². The molecule has 1 fully saturated rings. The predicted octanol–water partition coefficient (Wildman–Crippen LogP) is 2.75. The first-order chi connectivity index (χ1) is 10.5. The molecule has 0 radical (unpaired) electrons. The van der Waals surface area contributed by atoms with Gasteiger partial charge in [0.05, 0.1) is 12.1 Å². The smallest absolute Gasteiger partial charge is 0.239 e. The van der Waals surface area contributed by atoms with E-state index in [0.29, 0.717) is 19.0 Å². The zero-order chi connectivity index (χ0) is 16.1. The second-order valence-electron chi connectivity index (χ2n) is 6.75. The molecule has 1 aromatic rings. The molecule has 3 N–H and O–H groups in total. The minimum Gasteiger partial charge on any atom is -0.388 e. The zero-order valence-corrected chi connectivity index (χ0v) is 14.8. The molecule has 0 spiro atoms. The van der Waals surface area contributed by atoms with E-state index in [1.54, 1.807) is 0 Å². The lowest BCUT2D eigenvalue weighted by Crippen LogP contribution is -2.48. The van der Waals surface area contributed by atoms with Gasteiger partial charge in [-0.2, -0.15) is 0 Å². The first-order valence-corrected chi connectivity index (χ1v) is 8.26. The van der Waals surface area contributed by atoms with Crippen LogP contribution < -0.4 is 5.73 Å². The van der Waals surface area contributed by atoms with Crippen molar-refractivity contribution < 1.29 is 9.90 Å². The number of likely N-dealkylation sites (tertiary alicyclic amines) is 1. The van der Waals surface area contributed by atoms with Crippen molar-refractivity contribution >= 4 is 18.3 Å². The molecule has 0 bridgehead atoms. The van der Waals surface area contributed by atoms with Crippen molar-refractivity contribution in [3.05, 3.63) is 35.9 Å². The molecular weight excluding hydrogens is 312 g/mol. The number of carbonyl (C=O) groups excluding carboxylic acids is 1. The molecule has 1 aliphatic heterocycles. The number of aliphatic hydroxyl groups is 1. The number of amides is 1. The molecule has 1 heterocycles. The fourth-order valence-electron chi connectivity index (χ4n) is 3.20. The summed E-state index contributed by atoms with van der Waals surface area (Å²) < 4.78 is 0. The van der Waals surface area contributed by atoms with Crippen molar-refractivity contribution in [2.75, 3.05) is 13.1 Å². The topological polar surface area (TPSA) is 66.6 Å². The molecule has 4 nitrogen and oxygen atoms in total. The van der Waals surface area contributed by atoms with E-state index in [4.69, 9.17) is 5.73 Å². The number of hydrogen-bond donors (Lipinski definition) is 2. The van der Waals surface area contributed by atoms with E-state index in [1.165, 1.54) is 0 Å². The summed E-state index contributed by atoms with van der Waals surface area (Å²) in [5.74, 6) is 0.700. The van der Waals surface area contributed by atoms with Gasteiger partial charge in [0.2, 0.25) is 5.91 Å². The Bertz CT molecular complexity index is 473. The molecule has 2 atom stereocenters. The highest BCUT2D eigenvalue weighted by atomic mass is 35.5. The second kappa shape index (κ2) is 9.26. The molecule has 0 aliphatic carbocycles. The van der Waals surface area contributed by atoms with Crippen LogP contribution >= 0.6 is 12.4 Å². The Morgan fingerprint density at radius 1 is 1.26 bits per heavy atom. The SMILES string of the molecule is CC(C)CC(N)C(=O)N1CCC(C(O)c2ccccc2)CC1.Cl. The summed E-state index contributed by atoms with van der Waals surface area (Å²) in [5.41, 5.74) is 6.96. The third-order valence-corrected chi connectivity index (χ3v) is 4.48. The number of piperidine rings is 1. The fraction of sp³-hybridized carbons (Fsp3) is 0.611. The average Bonchev–Trinajstić information content (AvgIpc) is 2.54. The number of nitrogens with two attached hydrogens (primary N) is 1. The third-order valence-electron chi connectivity index (χ3n) is 4.48. The molecule has 0 saturated carbocycles. The Labute approximate surface area is 145 Å². The van der Waals surface area contributed by atoms with E-state index in [9.17, 15) is 9.90 Å². The van der Waals surface area contributed by atoms with Crippen LogP contribution in [0.25, 0.3) is 0 Å². The van der Waals surface area contributed by atoms with Crippen LogP contribution in [0.4, 0.5) is 0 Å². The molecular formula is C18H29ClN2O2. The molecule has 5 heteroatoms. The van der Waals surface area contributed by atoms with Crippen molar-refractivity contribution in [1.29, 1.82) is 0 Å². The summed E-state index contributed by atoms with van der Waals surface area (Å²) in [6.07, 6.45) is 1.94. The Hall–Kier alpha value is -1.10. The molecule has 2 rings (SSSR count). The van der Waals surface area contributed by atoms with Gasteiger partial charge in [0.1, 0.15) is 0 Å². The molecule has 130 valence electrons. The Morgan fingerprint density at radius 3 is 2.35 bits per heavy atom. The first-order valence-electron chi connectivity index (χ1n) is 8.26. The van der Waals surface area contributed by atoms with E-state index >= 15 is 0 Å². The number of benzene rings is 1. The van der Waals surface area contributed by atoms with E-state index < -0.39 is 12.1 Å². The summed E-state index contributed by atoms with van der Waals surface area (Å²) in [7, 11) is 0. The summed E-state index contributed by atoms with van der Waals surface area (Å²) in [4.78, 5) is 14.2. The van der Waals surface area contributed by atoms with Crippen LogP contribution in [0.15, 0.2) is 30.3 Å². The van der Waals surface area contributed by atoms with Gasteiger partial charge in [0.25, 0.3) is 0 Å². The first kappa shape index (κ1) is 19.9. The van der Waals surface area contributed by atoms with Crippen molar-refractivity contribution in [2.24, 2.45) is 17.6 Å². The number of nitrogens with zero attached hydrogens (tertiary/aromatic N) is 1. The summed E-state index contributed by atoms with van der Waals surface area (Å²) in [6.45, 7) is 5.55. The highest BCUT2D eigenvalue weighted by Gasteiger charge is 2.30. The van der Waals surface area contributed by atoms with Crippen LogP contribution in [-0.4, -0.2) is 35.0 Å². The number of aliphatic hydroxyl groups excluding tert-OH is 1. The Morgan fingerprint density at radius 2 is 1.83 bits per heavy atom. The summed E-state index contributed by atoms with van der Waals surface area (Å²) in [6, 6.07) is 9.37. The number of halogens is 1. The monoisotopic (exact) mass is 340 g/mol. The molecule has 1 saturated heterocycles. The lowest BCUT2D eigenvalue weighted by atomic mass is 9.87. The standard InChI is InChI=1S/C18H28N2O2.ClH/c1-13(2)12-16(19)18(22)20-10-8-15(9-11-20)17(21)14-6-4-3-5-7-14;/h3-7,13,15-17,21H,8-12,19H2,1-2H3;1H. The van der Waals surface area contributed by atoms with Gasteiger partial charge >= 0.3 is 0 Å². The third kappa shape index (κ3) is 5.48. The van der Waals surface area contributed by atoms with Crippen molar-refractivity contribution in [3.8, 4) is 0 Å². The maximum Gasteiger partial charge on any atom is 0.239 e. The van der Waals surface area contributed by atoms with Crippen LogP contribution in [0.3, 0.4) is 0 Å². The van der Waals surface area contributed by atoms with Gasteiger partial charge in [-0.3, -0.25) is 4.79 Å². The number of rotatable bonds is 5. The molecule has 1 aliphatic rings. The van der Waals surface area contributed by atoms with Gasteiger partial charge in [-0.05, 0) is 36.7 Å². The van der Waals surface area contributed by atoms with Crippen molar-refractivity contribution in [2.45, 2.75) is 45.3 Å². The lowest BCUT2D eigenvalue weighted by molar-refractivity contribution is -0.135. The number of hydrogen-bond acceptors (Lipinski definition) is 3. The molecule has 2 unspecified atom stereocenters. The summed E-state index contributed by atoms with van der Waals surface area (Å²) in [5, 5.41) is 10.5. The van der Waals surface area contributed by atoms with E-state index in [1.807, 2.05) is 35.2 Å². The molecule has 0 aromatic heterocycles. The Kier molecular flexibility index (Phi) is 8.03. The van der Waals surface area contributed by atoms with Crippen LogP contribution in [0.1, 0.15) is 44.8 Å². The van der Waals surface area contributed by atoms with Crippen LogP contribution in [0.2, 0.25) is 0 Å². The molecule has 1 amide bonds. The molecule has 23 heavy (non-hydrogen) atoms. The fourth-order valence-corrected chi connectivity index (χ4v) is 3.20. The van der Waals surface area contributed by atoms with Crippen LogP contribution in [0, 0.1) is 11.8 Å². The van der Waals surface area contributed by atoms with Gasteiger partial charge in [-0.25, -0.2) is 0 Å².